The summed E-state index contributed by atoms with van der Waals surface area (Å²) in [6.07, 6.45) is 6.50. The normalized spacial score (nSPS) is 11.5. The molecule has 0 radical (unpaired) electrons. The van der Waals surface area contributed by atoms with Crippen molar-refractivity contribution in [3.8, 4) is 21.0 Å². The van der Waals surface area contributed by atoms with Gasteiger partial charge < -0.3 is 0 Å². The summed E-state index contributed by atoms with van der Waals surface area (Å²) < 4.78 is 22.9. The monoisotopic (exact) mass is 316 g/mol. The smallest absolute Gasteiger partial charge is 0.175 e. The molecule has 0 saturated carbocycles. The summed E-state index contributed by atoms with van der Waals surface area (Å²) in [5.74, 6) is 0. The molecule has 3 rings (SSSR count). The molecule has 0 bridgehead atoms. The molecule has 2 aromatic heterocycles. The molecular formula is C15H12N2O2S2. The van der Waals surface area contributed by atoms with Crippen molar-refractivity contribution in [2.45, 2.75) is 4.90 Å². The average molecular weight is 316 g/mol. The Bertz CT molecular complexity index is 854. The highest BCUT2D eigenvalue weighted by molar-refractivity contribution is 7.90. The molecular weight excluding hydrogens is 304 g/mol. The van der Waals surface area contributed by atoms with Gasteiger partial charge in [-0.1, -0.05) is 12.1 Å². The van der Waals surface area contributed by atoms with Crippen LogP contribution in [0.2, 0.25) is 0 Å². The fourth-order valence-electron chi connectivity index (χ4n) is 1.90. The highest BCUT2D eigenvalue weighted by atomic mass is 32.2. The second kappa shape index (κ2) is 5.38. The Balaban J connectivity index is 1.94. The number of pyridine rings is 1. The van der Waals surface area contributed by atoms with Gasteiger partial charge in [0.2, 0.25) is 0 Å². The predicted octanol–water partition coefficient (Wildman–Crippen LogP) is 3.28. The SMILES string of the molecule is CS(=O)(=O)c1ccc(-c2cnc(-c3cccnc3)s2)cc1. The van der Waals surface area contributed by atoms with E-state index >= 15 is 0 Å². The first kappa shape index (κ1) is 13.9. The molecule has 0 saturated heterocycles. The summed E-state index contributed by atoms with van der Waals surface area (Å²) >= 11 is 1.55. The molecule has 0 spiro atoms. The maximum Gasteiger partial charge on any atom is 0.175 e. The van der Waals surface area contributed by atoms with Crippen LogP contribution in [0.1, 0.15) is 0 Å². The van der Waals surface area contributed by atoms with Gasteiger partial charge in [-0.05, 0) is 29.8 Å². The van der Waals surface area contributed by atoms with Crippen molar-refractivity contribution in [2.75, 3.05) is 6.26 Å². The zero-order valence-corrected chi connectivity index (χ0v) is 12.9. The minimum absolute atomic E-state index is 0.322. The zero-order chi connectivity index (χ0) is 14.9. The van der Waals surface area contributed by atoms with Crippen LogP contribution in [-0.4, -0.2) is 24.6 Å². The Morgan fingerprint density at radius 3 is 2.38 bits per heavy atom. The average Bonchev–Trinajstić information content (AvgIpc) is 2.97. The number of hydrogen-bond donors (Lipinski definition) is 0. The minimum atomic E-state index is -3.16. The molecule has 3 aromatic rings. The first-order valence-corrected chi connectivity index (χ1v) is 8.91. The lowest BCUT2D eigenvalue weighted by molar-refractivity contribution is 0.602. The van der Waals surface area contributed by atoms with Gasteiger partial charge in [-0.3, -0.25) is 4.98 Å². The van der Waals surface area contributed by atoms with Crippen LogP contribution in [0.4, 0.5) is 0 Å². The van der Waals surface area contributed by atoms with Crippen molar-refractivity contribution in [2.24, 2.45) is 0 Å². The molecule has 21 heavy (non-hydrogen) atoms. The topological polar surface area (TPSA) is 59.9 Å². The minimum Gasteiger partial charge on any atom is -0.264 e. The molecule has 106 valence electrons. The van der Waals surface area contributed by atoms with Crippen molar-refractivity contribution in [1.82, 2.24) is 9.97 Å². The Kier molecular flexibility index (Phi) is 3.57. The summed E-state index contributed by atoms with van der Waals surface area (Å²) in [6, 6.07) is 10.7. The third-order valence-electron chi connectivity index (χ3n) is 2.98. The molecule has 0 aliphatic rings. The van der Waals surface area contributed by atoms with Gasteiger partial charge in [0.25, 0.3) is 0 Å². The Morgan fingerprint density at radius 1 is 1.00 bits per heavy atom. The highest BCUT2D eigenvalue weighted by Gasteiger charge is 2.09. The van der Waals surface area contributed by atoms with Gasteiger partial charge in [-0.25, -0.2) is 13.4 Å². The first-order valence-electron chi connectivity index (χ1n) is 6.21. The van der Waals surface area contributed by atoms with Crippen LogP contribution in [0, 0.1) is 0 Å². The van der Waals surface area contributed by atoms with Gasteiger partial charge in [-0.15, -0.1) is 11.3 Å². The van der Waals surface area contributed by atoms with Crippen LogP contribution >= 0.6 is 11.3 Å². The number of sulfone groups is 1. The van der Waals surface area contributed by atoms with Crippen LogP contribution in [0.3, 0.4) is 0 Å². The van der Waals surface area contributed by atoms with E-state index in [0.29, 0.717) is 4.90 Å². The van der Waals surface area contributed by atoms with E-state index in [4.69, 9.17) is 0 Å². The summed E-state index contributed by atoms with van der Waals surface area (Å²) in [6.45, 7) is 0. The largest absolute Gasteiger partial charge is 0.264 e. The van der Waals surface area contributed by atoms with Gasteiger partial charge in [0.05, 0.1) is 9.77 Å². The van der Waals surface area contributed by atoms with Crippen LogP contribution in [0.15, 0.2) is 59.9 Å². The number of benzene rings is 1. The van der Waals surface area contributed by atoms with Crippen molar-refractivity contribution >= 4 is 21.2 Å². The number of thiazole rings is 1. The Morgan fingerprint density at radius 2 is 1.76 bits per heavy atom. The van der Waals surface area contributed by atoms with Crippen LogP contribution in [-0.2, 0) is 9.84 Å². The fourth-order valence-corrected chi connectivity index (χ4v) is 3.44. The summed E-state index contributed by atoms with van der Waals surface area (Å²) in [7, 11) is -3.16. The molecule has 0 unspecified atom stereocenters. The van der Waals surface area contributed by atoms with Crippen LogP contribution in [0.25, 0.3) is 21.0 Å². The van der Waals surface area contributed by atoms with E-state index in [9.17, 15) is 8.42 Å². The summed E-state index contributed by atoms with van der Waals surface area (Å²) in [5, 5.41) is 0.894. The van der Waals surface area contributed by atoms with Gasteiger partial charge in [0, 0.05) is 30.4 Å². The highest BCUT2D eigenvalue weighted by Crippen LogP contribution is 2.32. The fraction of sp³-hybridized carbons (Fsp3) is 0.0667. The molecule has 4 nitrogen and oxygen atoms in total. The lowest BCUT2D eigenvalue weighted by atomic mass is 10.2. The molecule has 2 heterocycles. The van der Waals surface area contributed by atoms with Crippen molar-refractivity contribution in [3.63, 3.8) is 0 Å². The summed E-state index contributed by atoms with van der Waals surface area (Å²) in [5.41, 5.74) is 1.93. The van der Waals surface area contributed by atoms with Crippen LogP contribution in [0.5, 0.6) is 0 Å². The lowest BCUT2D eigenvalue weighted by Crippen LogP contribution is -1.95. The molecule has 0 aliphatic carbocycles. The van der Waals surface area contributed by atoms with Gasteiger partial charge in [0.1, 0.15) is 5.01 Å². The maximum absolute atomic E-state index is 11.5. The van der Waals surface area contributed by atoms with Gasteiger partial charge >= 0.3 is 0 Å². The Hall–Kier alpha value is -2.05. The predicted molar refractivity (Wildman–Crippen MR) is 83.9 cm³/mol. The third-order valence-corrected chi connectivity index (χ3v) is 5.21. The van der Waals surface area contributed by atoms with E-state index in [0.717, 1.165) is 21.0 Å². The second-order valence-corrected chi connectivity index (χ2v) is 7.61. The molecule has 0 N–H and O–H groups in total. The molecule has 1 aromatic carbocycles. The van der Waals surface area contributed by atoms with E-state index in [-0.39, 0.29) is 0 Å². The molecule has 0 atom stereocenters. The molecule has 0 fully saturated rings. The van der Waals surface area contributed by atoms with E-state index in [1.165, 1.54) is 6.26 Å². The number of hydrogen-bond acceptors (Lipinski definition) is 5. The lowest BCUT2D eigenvalue weighted by Gasteiger charge is -2.00. The number of rotatable bonds is 3. The van der Waals surface area contributed by atoms with E-state index in [2.05, 4.69) is 9.97 Å². The molecule has 0 amide bonds. The molecule has 6 heteroatoms. The van der Waals surface area contributed by atoms with E-state index in [1.54, 1.807) is 54.2 Å². The van der Waals surface area contributed by atoms with Gasteiger partial charge in [0.15, 0.2) is 9.84 Å². The van der Waals surface area contributed by atoms with Crippen molar-refractivity contribution in [3.05, 3.63) is 55.0 Å². The summed E-state index contributed by atoms with van der Waals surface area (Å²) in [4.78, 5) is 9.79. The van der Waals surface area contributed by atoms with E-state index < -0.39 is 9.84 Å². The quantitative estimate of drug-likeness (QED) is 0.744. The van der Waals surface area contributed by atoms with Crippen molar-refractivity contribution < 1.29 is 8.42 Å². The van der Waals surface area contributed by atoms with Crippen LogP contribution < -0.4 is 0 Å². The first-order chi connectivity index (χ1) is 10.0. The maximum atomic E-state index is 11.5. The number of nitrogens with zero attached hydrogens (tertiary/aromatic N) is 2. The van der Waals surface area contributed by atoms with Gasteiger partial charge in [-0.2, -0.15) is 0 Å². The Labute approximate surface area is 127 Å². The van der Waals surface area contributed by atoms with Crippen molar-refractivity contribution in [1.29, 1.82) is 0 Å². The number of aromatic nitrogens is 2. The zero-order valence-electron chi connectivity index (χ0n) is 11.2. The standard InChI is InChI=1S/C15H12N2O2S2/c1-21(18,19)13-6-4-11(5-7-13)14-10-17-15(20-14)12-3-2-8-16-9-12/h2-10H,1H3. The second-order valence-electron chi connectivity index (χ2n) is 4.57. The molecule has 0 aliphatic heterocycles. The van der Waals surface area contributed by atoms with E-state index in [1.807, 2.05) is 12.1 Å². The third kappa shape index (κ3) is 3.01.